The summed E-state index contributed by atoms with van der Waals surface area (Å²) in [6.45, 7) is 1.62. The smallest absolute Gasteiger partial charge is 0.416 e. The Morgan fingerprint density at radius 3 is 2.09 bits per heavy atom. The van der Waals surface area contributed by atoms with Crippen molar-refractivity contribution < 1.29 is 46.4 Å². The van der Waals surface area contributed by atoms with Crippen molar-refractivity contribution in [2.24, 2.45) is 0 Å². The fourth-order valence-electron chi connectivity index (χ4n) is 8.17. The summed E-state index contributed by atoms with van der Waals surface area (Å²) < 4.78 is 77.6. The largest absolute Gasteiger partial charge is 0.493 e. The lowest BCUT2D eigenvalue weighted by molar-refractivity contribution is -0.137. The van der Waals surface area contributed by atoms with E-state index >= 15 is 0 Å². The SMILES string of the molecule is COc1cc2c3cc1Oc1c(OC)c(OC)cc4c1[C@@H](Cc1ccc(OC(=O)c5cccc(C(F)(F)F)c5)c(c1)Oc1ccc(cc1)C[C@@H]3N(C)CC2)N(C)CC4. The highest BCUT2D eigenvalue weighted by Crippen LogP contribution is 2.52. The van der Waals surface area contributed by atoms with Crippen LogP contribution in [-0.2, 0) is 31.9 Å². The number of nitrogens with zero attached hydrogens (tertiary/aromatic N) is 2. The van der Waals surface area contributed by atoms with Gasteiger partial charge in [0, 0.05) is 30.7 Å². The molecule has 0 spiro atoms. The number of ether oxygens (including phenoxy) is 6. The molecule has 0 saturated heterocycles. The summed E-state index contributed by atoms with van der Waals surface area (Å²) in [5, 5.41) is 0. The van der Waals surface area contributed by atoms with Crippen molar-refractivity contribution in [3.8, 4) is 46.0 Å². The van der Waals surface area contributed by atoms with Gasteiger partial charge in [0.1, 0.15) is 5.75 Å². The molecule has 0 N–H and O–H groups in total. The zero-order valence-electron chi connectivity index (χ0n) is 32.4. The Bertz CT molecular complexity index is 2330. The van der Waals surface area contributed by atoms with E-state index in [4.69, 9.17) is 28.4 Å². The molecule has 5 aromatic rings. The van der Waals surface area contributed by atoms with E-state index in [1.165, 1.54) is 17.7 Å². The number of hydrogen-bond acceptors (Lipinski definition) is 9. The lowest BCUT2D eigenvalue weighted by atomic mass is 9.87. The Morgan fingerprint density at radius 2 is 1.37 bits per heavy atom. The molecule has 9 rings (SSSR count). The van der Waals surface area contributed by atoms with Crippen LogP contribution in [0.1, 0.15) is 61.4 Å². The van der Waals surface area contributed by atoms with Crippen LogP contribution in [-0.4, -0.2) is 64.3 Å². The van der Waals surface area contributed by atoms with Gasteiger partial charge in [0.25, 0.3) is 0 Å². The molecule has 4 aliphatic heterocycles. The van der Waals surface area contributed by atoms with Gasteiger partial charge >= 0.3 is 12.1 Å². The second-order valence-electron chi connectivity index (χ2n) is 14.7. The van der Waals surface area contributed by atoms with Crippen LogP contribution in [0, 0.1) is 0 Å². The number of hydrogen-bond donors (Lipinski definition) is 0. The molecule has 0 saturated carbocycles. The highest BCUT2D eigenvalue weighted by molar-refractivity contribution is 5.91. The molecule has 0 unspecified atom stereocenters. The summed E-state index contributed by atoms with van der Waals surface area (Å²) in [5.41, 5.74) is 5.08. The molecular formula is C45H43F3N2O7. The molecule has 4 aliphatic rings. The first kappa shape index (κ1) is 38.2. The van der Waals surface area contributed by atoms with Gasteiger partial charge in [-0.1, -0.05) is 24.3 Å². The van der Waals surface area contributed by atoms with Gasteiger partial charge in [-0.15, -0.1) is 0 Å². The van der Waals surface area contributed by atoms with E-state index in [2.05, 4.69) is 36.0 Å². The van der Waals surface area contributed by atoms with Crippen molar-refractivity contribution in [3.05, 3.63) is 129 Å². The maximum Gasteiger partial charge on any atom is 0.416 e. The molecule has 0 amide bonds. The highest BCUT2D eigenvalue weighted by atomic mass is 19.4. The molecular weight excluding hydrogens is 737 g/mol. The first-order valence-corrected chi connectivity index (χ1v) is 18.8. The van der Waals surface area contributed by atoms with E-state index in [0.29, 0.717) is 47.3 Å². The second-order valence-corrected chi connectivity index (χ2v) is 14.7. The number of carbonyl (C=O) groups is 1. The number of rotatable bonds is 5. The molecule has 0 radical (unpaired) electrons. The molecule has 4 heterocycles. The number of fused-ring (bicyclic) bond motifs is 2. The third-order valence-corrected chi connectivity index (χ3v) is 11.3. The Hall–Kier alpha value is -5.72. The predicted molar refractivity (Wildman–Crippen MR) is 208 cm³/mol. The van der Waals surface area contributed by atoms with E-state index in [-0.39, 0.29) is 29.1 Å². The van der Waals surface area contributed by atoms with Gasteiger partial charge in [-0.2, -0.15) is 13.2 Å². The Kier molecular flexibility index (Phi) is 10.3. The molecule has 9 nitrogen and oxygen atoms in total. The number of halogens is 3. The summed E-state index contributed by atoms with van der Waals surface area (Å²) in [6.07, 6.45) is -1.83. The van der Waals surface area contributed by atoms with Crippen molar-refractivity contribution in [1.82, 2.24) is 9.80 Å². The van der Waals surface area contributed by atoms with Gasteiger partial charge in [0.2, 0.25) is 5.75 Å². The van der Waals surface area contributed by atoms with Gasteiger partial charge in [0.15, 0.2) is 34.5 Å². The normalized spacial score (nSPS) is 18.0. The van der Waals surface area contributed by atoms with Crippen molar-refractivity contribution in [2.45, 2.75) is 43.9 Å². The van der Waals surface area contributed by atoms with E-state index in [0.717, 1.165) is 65.9 Å². The van der Waals surface area contributed by atoms with Crippen LogP contribution in [0.25, 0.3) is 0 Å². The van der Waals surface area contributed by atoms with E-state index < -0.39 is 17.7 Å². The second kappa shape index (κ2) is 15.3. The van der Waals surface area contributed by atoms with Crippen LogP contribution < -0.4 is 28.4 Å². The maximum absolute atomic E-state index is 13.5. The lowest BCUT2D eigenvalue weighted by Gasteiger charge is -2.37. The fourth-order valence-corrected chi connectivity index (χ4v) is 8.17. The molecule has 57 heavy (non-hydrogen) atoms. The number of likely N-dealkylation sites (N-methyl/N-ethyl adjacent to an activating group) is 2. The molecule has 5 aromatic carbocycles. The van der Waals surface area contributed by atoms with Crippen LogP contribution in [0.3, 0.4) is 0 Å². The molecule has 296 valence electrons. The van der Waals surface area contributed by atoms with Crippen molar-refractivity contribution in [2.75, 3.05) is 48.5 Å². The average Bonchev–Trinajstić information content (AvgIpc) is 3.20. The van der Waals surface area contributed by atoms with E-state index in [1.807, 2.05) is 36.4 Å². The molecule has 6 bridgehead atoms. The quantitative estimate of drug-likeness (QED) is 0.128. The van der Waals surface area contributed by atoms with Gasteiger partial charge in [-0.25, -0.2) is 4.79 Å². The highest BCUT2D eigenvalue weighted by Gasteiger charge is 2.35. The fraction of sp³-hybridized carbons (Fsp3) is 0.311. The van der Waals surface area contributed by atoms with Crippen molar-refractivity contribution in [1.29, 1.82) is 0 Å². The van der Waals surface area contributed by atoms with Gasteiger partial charge < -0.3 is 28.4 Å². The van der Waals surface area contributed by atoms with E-state index in [9.17, 15) is 18.0 Å². The van der Waals surface area contributed by atoms with E-state index in [1.54, 1.807) is 33.5 Å². The number of esters is 1. The first-order valence-electron chi connectivity index (χ1n) is 18.8. The summed E-state index contributed by atoms with van der Waals surface area (Å²) in [5.74, 6) is 2.59. The van der Waals surface area contributed by atoms with Crippen LogP contribution in [0.4, 0.5) is 13.2 Å². The van der Waals surface area contributed by atoms with Gasteiger partial charge in [0.05, 0.1) is 32.5 Å². The number of alkyl halides is 3. The molecule has 0 aliphatic carbocycles. The summed E-state index contributed by atoms with van der Waals surface area (Å²) in [7, 11) is 9.04. The molecule has 2 atom stereocenters. The standard InChI is InChI=1S/C45H43F3N2O7/c1-49-17-15-28-23-37(52-3)39-25-33(28)34(49)19-26-9-12-32(13-10-26)55-38-21-27(11-14-36(38)57-44(51)30-7-6-8-31(22-30)45(46,47)48)20-35-41-29(16-18-50(35)2)24-40(53-4)42(54-5)43(41)56-39/h6-14,21-25,34-35H,15-20H2,1-5H3/t34-,35+/m0/s1. The molecule has 0 fully saturated rings. The minimum absolute atomic E-state index is 0.0335. The predicted octanol–water partition coefficient (Wildman–Crippen LogP) is 9.39. The van der Waals surface area contributed by atoms with Crippen molar-refractivity contribution >= 4 is 5.97 Å². The average molecular weight is 781 g/mol. The molecule has 0 aromatic heterocycles. The number of carbonyl (C=O) groups excluding carboxylic acids is 1. The lowest BCUT2D eigenvalue weighted by Crippen LogP contribution is -2.34. The monoisotopic (exact) mass is 780 g/mol. The zero-order valence-corrected chi connectivity index (χ0v) is 32.4. The number of benzene rings is 5. The Balaban J connectivity index is 1.28. The Labute approximate surface area is 329 Å². The maximum atomic E-state index is 13.5. The Morgan fingerprint density at radius 1 is 0.702 bits per heavy atom. The zero-order chi connectivity index (χ0) is 40.0. The minimum Gasteiger partial charge on any atom is -0.493 e. The van der Waals surface area contributed by atoms with Gasteiger partial charge in [-0.05, 0) is 128 Å². The third kappa shape index (κ3) is 7.47. The van der Waals surface area contributed by atoms with Gasteiger partial charge in [-0.3, -0.25) is 9.80 Å². The minimum atomic E-state index is -4.62. The first-order chi connectivity index (χ1) is 27.4. The topological polar surface area (TPSA) is 78.9 Å². The van der Waals surface area contributed by atoms with Crippen LogP contribution >= 0.6 is 0 Å². The van der Waals surface area contributed by atoms with Crippen molar-refractivity contribution in [3.63, 3.8) is 0 Å². The molecule has 12 heteroatoms. The van der Waals surface area contributed by atoms with Crippen LogP contribution in [0.2, 0.25) is 0 Å². The van der Waals surface area contributed by atoms with Crippen LogP contribution in [0.15, 0.2) is 84.9 Å². The number of methoxy groups -OCH3 is 3. The third-order valence-electron chi connectivity index (χ3n) is 11.3. The summed E-state index contributed by atoms with van der Waals surface area (Å²) in [6, 6.07) is 23.2. The van der Waals surface area contributed by atoms with Crippen LogP contribution in [0.5, 0.6) is 46.0 Å². The summed E-state index contributed by atoms with van der Waals surface area (Å²) >= 11 is 0. The summed E-state index contributed by atoms with van der Waals surface area (Å²) in [4.78, 5) is 17.9.